The van der Waals surface area contributed by atoms with Gasteiger partial charge in [0.25, 0.3) is 0 Å². The first-order valence-corrected chi connectivity index (χ1v) is 9.53. The maximum Gasteiger partial charge on any atom is 0.416 e. The summed E-state index contributed by atoms with van der Waals surface area (Å²) in [6, 6.07) is 3.39. The van der Waals surface area contributed by atoms with Crippen molar-refractivity contribution in [1.82, 2.24) is 10.0 Å². The third-order valence-corrected chi connectivity index (χ3v) is 4.59. The smallest absolute Gasteiger partial charge is 0.416 e. The molecule has 2 N–H and O–H groups in total. The van der Waals surface area contributed by atoms with Gasteiger partial charge in [0, 0.05) is 6.54 Å². The molecule has 0 saturated heterocycles. The predicted octanol–water partition coefficient (Wildman–Crippen LogP) is 3.21. The summed E-state index contributed by atoms with van der Waals surface area (Å²) >= 11 is 0. The SMILES string of the molecule is CCS(=O)(=O)NCC(NC(=O)OC(C)(C)C)c1ccccc1C(F)(F)F. The van der Waals surface area contributed by atoms with Crippen molar-refractivity contribution in [1.29, 1.82) is 0 Å². The van der Waals surface area contributed by atoms with Gasteiger partial charge in [-0.1, -0.05) is 18.2 Å². The second kappa shape index (κ2) is 8.26. The Morgan fingerprint density at radius 2 is 1.77 bits per heavy atom. The van der Waals surface area contributed by atoms with E-state index < -0.39 is 46.0 Å². The fourth-order valence-electron chi connectivity index (χ4n) is 2.06. The molecule has 1 unspecified atom stereocenters. The number of halogens is 3. The Balaban J connectivity index is 3.18. The van der Waals surface area contributed by atoms with E-state index in [1.807, 2.05) is 0 Å². The largest absolute Gasteiger partial charge is 0.444 e. The lowest BCUT2D eigenvalue weighted by atomic mass is 10.00. The summed E-state index contributed by atoms with van der Waals surface area (Å²) in [6.45, 7) is 5.76. The van der Waals surface area contributed by atoms with E-state index in [-0.39, 0.29) is 11.3 Å². The monoisotopic (exact) mass is 396 g/mol. The molecule has 1 rings (SSSR count). The minimum absolute atomic E-state index is 0.243. The van der Waals surface area contributed by atoms with E-state index in [0.29, 0.717) is 0 Å². The van der Waals surface area contributed by atoms with E-state index in [2.05, 4.69) is 10.0 Å². The Morgan fingerprint density at radius 1 is 1.19 bits per heavy atom. The molecule has 1 aromatic carbocycles. The van der Waals surface area contributed by atoms with Crippen LogP contribution in [-0.2, 0) is 20.9 Å². The van der Waals surface area contributed by atoms with Crippen molar-refractivity contribution < 1.29 is 31.1 Å². The number of benzene rings is 1. The van der Waals surface area contributed by atoms with Crippen LogP contribution < -0.4 is 10.0 Å². The van der Waals surface area contributed by atoms with Crippen LogP contribution in [0.5, 0.6) is 0 Å². The molecule has 26 heavy (non-hydrogen) atoms. The Bertz CT molecular complexity index is 728. The number of hydrogen-bond donors (Lipinski definition) is 2. The average Bonchev–Trinajstić information content (AvgIpc) is 2.49. The number of carbonyl (C=O) groups is 1. The molecule has 0 fully saturated rings. The fraction of sp³-hybridized carbons (Fsp3) is 0.562. The van der Waals surface area contributed by atoms with Gasteiger partial charge < -0.3 is 10.1 Å². The van der Waals surface area contributed by atoms with Crippen LogP contribution in [0.2, 0.25) is 0 Å². The van der Waals surface area contributed by atoms with Crippen LogP contribution in [0.15, 0.2) is 24.3 Å². The van der Waals surface area contributed by atoms with Crippen LogP contribution >= 0.6 is 0 Å². The van der Waals surface area contributed by atoms with E-state index in [9.17, 15) is 26.4 Å². The Hall–Kier alpha value is -1.81. The molecular weight excluding hydrogens is 373 g/mol. The molecule has 10 heteroatoms. The van der Waals surface area contributed by atoms with Gasteiger partial charge >= 0.3 is 12.3 Å². The second-order valence-electron chi connectivity index (χ2n) is 6.54. The van der Waals surface area contributed by atoms with Gasteiger partial charge in [0.1, 0.15) is 5.60 Å². The van der Waals surface area contributed by atoms with Crippen LogP contribution in [0.1, 0.15) is 44.9 Å². The zero-order valence-corrected chi connectivity index (χ0v) is 15.8. The van der Waals surface area contributed by atoms with Crippen molar-refractivity contribution >= 4 is 16.1 Å². The number of carbonyl (C=O) groups excluding carboxylic acids is 1. The molecule has 0 aliphatic carbocycles. The van der Waals surface area contributed by atoms with E-state index in [1.165, 1.54) is 25.1 Å². The highest BCUT2D eigenvalue weighted by Gasteiger charge is 2.36. The highest BCUT2D eigenvalue weighted by atomic mass is 32.2. The third kappa shape index (κ3) is 7.20. The minimum Gasteiger partial charge on any atom is -0.444 e. The number of amides is 1. The van der Waals surface area contributed by atoms with Gasteiger partial charge in [0.15, 0.2) is 0 Å². The fourth-order valence-corrected chi connectivity index (χ4v) is 2.68. The number of hydrogen-bond acceptors (Lipinski definition) is 4. The van der Waals surface area contributed by atoms with E-state index in [4.69, 9.17) is 4.74 Å². The number of sulfonamides is 1. The molecule has 1 amide bonds. The quantitative estimate of drug-likeness (QED) is 0.773. The number of ether oxygens (including phenoxy) is 1. The van der Waals surface area contributed by atoms with Gasteiger partial charge in [-0.2, -0.15) is 13.2 Å². The number of alkyl carbamates (subject to hydrolysis) is 1. The lowest BCUT2D eigenvalue weighted by Crippen LogP contribution is -2.41. The first-order chi connectivity index (χ1) is 11.7. The molecule has 0 radical (unpaired) electrons. The molecule has 1 atom stereocenters. The zero-order chi connectivity index (χ0) is 20.2. The predicted molar refractivity (Wildman–Crippen MR) is 91.0 cm³/mol. The summed E-state index contributed by atoms with van der Waals surface area (Å²) in [7, 11) is -3.67. The van der Waals surface area contributed by atoms with Crippen molar-refractivity contribution in [2.24, 2.45) is 0 Å². The maximum atomic E-state index is 13.3. The summed E-state index contributed by atoms with van der Waals surface area (Å²) in [4.78, 5) is 12.0. The van der Waals surface area contributed by atoms with E-state index >= 15 is 0 Å². The van der Waals surface area contributed by atoms with E-state index in [1.54, 1.807) is 20.8 Å². The Kier molecular flexibility index (Phi) is 7.06. The highest BCUT2D eigenvalue weighted by molar-refractivity contribution is 7.89. The van der Waals surface area contributed by atoms with Crippen molar-refractivity contribution in [3.8, 4) is 0 Å². The van der Waals surface area contributed by atoms with Gasteiger partial charge in [-0.25, -0.2) is 17.9 Å². The van der Waals surface area contributed by atoms with Crippen molar-refractivity contribution in [2.75, 3.05) is 12.3 Å². The zero-order valence-electron chi connectivity index (χ0n) is 15.0. The van der Waals surface area contributed by atoms with Gasteiger partial charge in [0.2, 0.25) is 10.0 Å². The lowest BCUT2D eigenvalue weighted by molar-refractivity contribution is -0.138. The lowest BCUT2D eigenvalue weighted by Gasteiger charge is -2.26. The van der Waals surface area contributed by atoms with Crippen LogP contribution in [0.25, 0.3) is 0 Å². The first kappa shape index (κ1) is 22.2. The second-order valence-corrected chi connectivity index (χ2v) is 8.63. The Labute approximate surface area is 151 Å². The van der Waals surface area contributed by atoms with E-state index in [0.717, 1.165) is 6.07 Å². The summed E-state index contributed by atoms with van der Waals surface area (Å²) in [5, 5.41) is 2.31. The number of rotatable bonds is 6. The van der Waals surface area contributed by atoms with Crippen LogP contribution in [0.4, 0.5) is 18.0 Å². The maximum absolute atomic E-state index is 13.3. The first-order valence-electron chi connectivity index (χ1n) is 7.88. The van der Waals surface area contributed by atoms with Gasteiger partial charge in [0.05, 0.1) is 17.4 Å². The summed E-state index contributed by atoms with van der Waals surface area (Å²) in [5.74, 6) is -0.243. The molecule has 0 bridgehead atoms. The number of nitrogens with one attached hydrogen (secondary N) is 2. The molecule has 0 spiro atoms. The van der Waals surface area contributed by atoms with Crippen LogP contribution in [-0.4, -0.2) is 32.4 Å². The molecule has 0 aromatic heterocycles. The molecule has 0 heterocycles. The molecule has 0 saturated carbocycles. The summed E-state index contributed by atoms with van der Waals surface area (Å²) in [5.41, 5.74) is -2.08. The summed E-state index contributed by atoms with van der Waals surface area (Å²) in [6.07, 6.45) is -5.61. The molecule has 0 aliphatic heterocycles. The molecule has 6 nitrogen and oxygen atoms in total. The van der Waals surface area contributed by atoms with Crippen LogP contribution in [0, 0.1) is 0 Å². The topological polar surface area (TPSA) is 84.5 Å². The molecular formula is C16H23F3N2O4S. The molecule has 0 aliphatic rings. The normalized spacial score (nSPS) is 14.0. The Morgan fingerprint density at radius 3 is 2.27 bits per heavy atom. The standard InChI is InChI=1S/C16H23F3N2O4S/c1-5-26(23,24)20-10-13(21-14(22)25-15(2,3)4)11-8-6-7-9-12(11)16(17,18)19/h6-9,13,20H,5,10H2,1-4H3,(H,21,22). The minimum atomic E-state index is -4.66. The highest BCUT2D eigenvalue weighted by Crippen LogP contribution is 2.34. The summed E-state index contributed by atoms with van der Waals surface area (Å²) < 4.78 is 70.4. The van der Waals surface area contributed by atoms with Crippen molar-refractivity contribution in [2.45, 2.75) is 45.5 Å². The molecule has 148 valence electrons. The van der Waals surface area contributed by atoms with Gasteiger partial charge in [-0.3, -0.25) is 0 Å². The third-order valence-electron chi connectivity index (χ3n) is 3.22. The van der Waals surface area contributed by atoms with Crippen molar-refractivity contribution in [3.63, 3.8) is 0 Å². The van der Waals surface area contributed by atoms with Gasteiger partial charge in [-0.15, -0.1) is 0 Å². The van der Waals surface area contributed by atoms with Crippen molar-refractivity contribution in [3.05, 3.63) is 35.4 Å². The number of alkyl halides is 3. The van der Waals surface area contributed by atoms with Gasteiger partial charge in [-0.05, 0) is 39.3 Å². The average molecular weight is 396 g/mol. The molecule has 1 aromatic rings. The van der Waals surface area contributed by atoms with Crippen LogP contribution in [0.3, 0.4) is 0 Å².